The van der Waals surface area contributed by atoms with Crippen LogP contribution in [-0.4, -0.2) is 48.1 Å². The van der Waals surface area contributed by atoms with Crippen LogP contribution in [0, 0.1) is 6.92 Å². The zero-order valence-corrected chi connectivity index (χ0v) is 20.3. The number of aryl methyl sites for hydroxylation is 1. The number of ether oxygens (including phenoxy) is 1. The number of rotatable bonds is 9. The molecule has 2 N–H and O–H groups in total. The molecule has 1 aromatic heterocycles. The van der Waals surface area contributed by atoms with Crippen molar-refractivity contribution in [3.8, 4) is 17.2 Å². The Morgan fingerprint density at radius 3 is 2.57 bits per heavy atom. The minimum atomic E-state index is -0.269. The van der Waals surface area contributed by atoms with E-state index in [2.05, 4.69) is 10.2 Å². The lowest BCUT2D eigenvalue weighted by Crippen LogP contribution is -2.54. The van der Waals surface area contributed by atoms with Crippen molar-refractivity contribution in [1.29, 1.82) is 0 Å². The first-order valence-electron chi connectivity index (χ1n) is 11.7. The lowest BCUT2D eigenvalue weighted by atomic mass is 10.1. The molecule has 7 heteroatoms. The first kappa shape index (κ1) is 23.3. The highest BCUT2D eigenvalue weighted by atomic mass is 32.1. The van der Waals surface area contributed by atoms with Gasteiger partial charge >= 0.3 is 0 Å². The van der Waals surface area contributed by atoms with E-state index in [-0.39, 0.29) is 18.2 Å². The maximum absolute atomic E-state index is 13.4. The highest BCUT2D eigenvalue weighted by Gasteiger charge is 2.26. The van der Waals surface area contributed by atoms with Crippen molar-refractivity contribution in [3.63, 3.8) is 0 Å². The summed E-state index contributed by atoms with van der Waals surface area (Å²) in [6.45, 7) is 4.34. The van der Waals surface area contributed by atoms with Gasteiger partial charge in [0.2, 0.25) is 5.78 Å². The normalized spacial score (nSPS) is 14.1. The predicted octanol–water partition coefficient (Wildman–Crippen LogP) is 6.39. The third-order valence-corrected chi connectivity index (χ3v) is 7.29. The number of hydrogen-bond acceptors (Lipinski definition) is 6. The van der Waals surface area contributed by atoms with Crippen molar-refractivity contribution in [3.05, 3.63) is 82.7 Å². The molecule has 1 saturated heterocycles. The zero-order chi connectivity index (χ0) is 24.4. The number of anilines is 1. The number of halogens is 1. The predicted molar refractivity (Wildman–Crippen MR) is 139 cm³/mol. The molecule has 180 valence electrons. The fourth-order valence-electron chi connectivity index (χ4n) is 4.25. The molecule has 1 aliphatic heterocycles. The van der Waals surface area contributed by atoms with Crippen molar-refractivity contribution in [1.82, 2.24) is 4.90 Å². The lowest BCUT2D eigenvalue weighted by molar-refractivity contribution is 0.104. The smallest absolute Gasteiger partial charge is 0.206 e. The van der Waals surface area contributed by atoms with E-state index >= 15 is 0 Å². The van der Waals surface area contributed by atoms with E-state index in [1.165, 1.54) is 11.3 Å². The maximum Gasteiger partial charge on any atom is 0.206 e. The number of alkyl halides is 1. The fourth-order valence-corrected chi connectivity index (χ4v) is 5.37. The lowest BCUT2D eigenvalue weighted by Gasteiger charge is -2.40. The molecule has 0 radical (unpaired) electrons. The Bertz CT molecular complexity index is 1330. The third kappa shape index (κ3) is 5.16. The molecule has 0 unspecified atom stereocenters. The Morgan fingerprint density at radius 1 is 1.11 bits per heavy atom. The van der Waals surface area contributed by atoms with Crippen LogP contribution in [0.3, 0.4) is 0 Å². The molecule has 5 rings (SSSR count). The molecule has 0 aliphatic carbocycles. The van der Waals surface area contributed by atoms with E-state index in [4.69, 9.17) is 4.74 Å². The van der Waals surface area contributed by atoms with Crippen molar-refractivity contribution in [2.45, 2.75) is 19.4 Å². The number of likely N-dealkylation sites (tertiary alicyclic amines) is 1. The van der Waals surface area contributed by atoms with Gasteiger partial charge in [0, 0.05) is 41.0 Å². The first-order chi connectivity index (χ1) is 17.0. The highest BCUT2D eigenvalue weighted by molar-refractivity contribution is 7.21. The van der Waals surface area contributed by atoms with Gasteiger partial charge in [-0.15, -0.1) is 11.3 Å². The Labute approximate surface area is 207 Å². The van der Waals surface area contributed by atoms with E-state index in [9.17, 15) is 14.3 Å². The number of carbonyl (C=O) groups is 1. The van der Waals surface area contributed by atoms with Gasteiger partial charge in [0.05, 0.1) is 12.7 Å². The quantitative estimate of drug-likeness (QED) is 0.266. The topological polar surface area (TPSA) is 61.8 Å². The van der Waals surface area contributed by atoms with Gasteiger partial charge in [-0.25, -0.2) is 0 Å². The van der Waals surface area contributed by atoms with Crippen molar-refractivity contribution < 1.29 is 19.0 Å². The standard InChI is InChI=1S/C28H27FN2O3S/c1-18-3-5-19(6-4-18)26(33)28-27(24-12-9-22(32)15-25(24)35-28)34-23-10-7-20(8-11-23)30-21-16-31(17-21)14-2-13-29/h3-12,15,21,30,32H,2,13-14,16-17H2,1H3. The number of nitrogens with one attached hydrogen (secondary N) is 1. The van der Waals surface area contributed by atoms with Gasteiger partial charge in [0.15, 0.2) is 5.75 Å². The van der Waals surface area contributed by atoms with Gasteiger partial charge in [0.1, 0.15) is 16.4 Å². The maximum atomic E-state index is 13.4. The molecule has 0 bridgehead atoms. The molecule has 2 heterocycles. The van der Waals surface area contributed by atoms with Gasteiger partial charge in [-0.3, -0.25) is 14.1 Å². The molecular formula is C28H27FN2O3S. The Morgan fingerprint density at radius 2 is 1.86 bits per heavy atom. The van der Waals surface area contributed by atoms with Crippen LogP contribution in [0.15, 0.2) is 66.7 Å². The van der Waals surface area contributed by atoms with E-state index in [0.717, 1.165) is 41.0 Å². The number of hydrogen-bond donors (Lipinski definition) is 2. The minimum absolute atomic E-state index is 0.110. The molecular weight excluding hydrogens is 463 g/mol. The van der Waals surface area contributed by atoms with Crippen LogP contribution in [0.5, 0.6) is 17.2 Å². The van der Waals surface area contributed by atoms with Crippen LogP contribution < -0.4 is 10.1 Å². The van der Waals surface area contributed by atoms with Gasteiger partial charge < -0.3 is 15.2 Å². The van der Waals surface area contributed by atoms with E-state index in [1.807, 2.05) is 55.5 Å². The average Bonchev–Trinajstić information content (AvgIpc) is 3.18. The third-order valence-electron chi connectivity index (χ3n) is 6.16. The summed E-state index contributed by atoms with van der Waals surface area (Å²) >= 11 is 1.32. The van der Waals surface area contributed by atoms with Crippen LogP contribution in [0.4, 0.5) is 10.1 Å². The van der Waals surface area contributed by atoms with E-state index < -0.39 is 0 Å². The number of phenolic OH excluding ortho intramolecular Hbond substituents is 1. The summed E-state index contributed by atoms with van der Waals surface area (Å²) in [6, 6.07) is 20.6. The summed E-state index contributed by atoms with van der Waals surface area (Å²) in [4.78, 5) is 16.1. The van der Waals surface area contributed by atoms with Crippen LogP contribution in [0.1, 0.15) is 27.2 Å². The molecule has 0 saturated carbocycles. The Balaban J connectivity index is 1.35. The van der Waals surface area contributed by atoms with E-state index in [0.29, 0.717) is 34.4 Å². The molecule has 1 fully saturated rings. The van der Waals surface area contributed by atoms with E-state index in [1.54, 1.807) is 18.2 Å². The van der Waals surface area contributed by atoms with Crippen LogP contribution >= 0.6 is 11.3 Å². The summed E-state index contributed by atoms with van der Waals surface area (Å²) in [5.41, 5.74) is 2.67. The number of carbonyl (C=O) groups excluding carboxylic acids is 1. The molecule has 0 atom stereocenters. The number of aromatic hydroxyl groups is 1. The molecule has 35 heavy (non-hydrogen) atoms. The summed E-state index contributed by atoms with van der Waals surface area (Å²) in [6.07, 6.45) is 0.587. The number of nitrogens with zero attached hydrogens (tertiary/aromatic N) is 1. The van der Waals surface area contributed by atoms with Crippen LogP contribution in [0.25, 0.3) is 10.1 Å². The second-order valence-corrected chi connectivity index (χ2v) is 9.96. The van der Waals surface area contributed by atoms with Crippen molar-refractivity contribution >= 4 is 32.9 Å². The summed E-state index contributed by atoms with van der Waals surface area (Å²) < 4.78 is 19.4. The molecule has 3 aromatic carbocycles. The SMILES string of the molecule is Cc1ccc(C(=O)c2sc3cc(O)ccc3c2Oc2ccc(NC3CN(CCCF)C3)cc2)cc1. The summed E-state index contributed by atoms with van der Waals surface area (Å²) in [7, 11) is 0. The van der Waals surface area contributed by atoms with Gasteiger partial charge in [-0.05, 0) is 55.8 Å². The number of fused-ring (bicyclic) bond motifs is 1. The zero-order valence-electron chi connectivity index (χ0n) is 19.5. The molecule has 1 aliphatic rings. The van der Waals surface area contributed by atoms with Crippen LogP contribution in [-0.2, 0) is 0 Å². The molecule has 5 nitrogen and oxygen atoms in total. The number of ketones is 1. The van der Waals surface area contributed by atoms with Crippen molar-refractivity contribution in [2.24, 2.45) is 0 Å². The monoisotopic (exact) mass is 490 g/mol. The van der Waals surface area contributed by atoms with Gasteiger partial charge in [-0.2, -0.15) is 0 Å². The molecule has 0 spiro atoms. The first-order valence-corrected chi connectivity index (χ1v) is 12.5. The van der Waals surface area contributed by atoms with Gasteiger partial charge in [0.25, 0.3) is 0 Å². The highest BCUT2D eigenvalue weighted by Crippen LogP contribution is 2.42. The summed E-state index contributed by atoms with van der Waals surface area (Å²) in [5, 5.41) is 14.2. The Kier molecular flexibility index (Phi) is 6.70. The van der Waals surface area contributed by atoms with Crippen molar-refractivity contribution in [2.75, 3.05) is 31.6 Å². The van der Waals surface area contributed by atoms with Gasteiger partial charge in [-0.1, -0.05) is 29.8 Å². The molecule has 0 amide bonds. The Hall–Kier alpha value is -3.42. The minimum Gasteiger partial charge on any atom is -0.508 e. The number of benzene rings is 3. The average molecular weight is 491 g/mol. The summed E-state index contributed by atoms with van der Waals surface area (Å²) in [5.74, 6) is 1.16. The second kappa shape index (κ2) is 10.1. The second-order valence-electron chi connectivity index (χ2n) is 8.91. The largest absolute Gasteiger partial charge is 0.508 e. The fraction of sp³-hybridized carbons (Fsp3) is 0.250. The number of thiophene rings is 1. The molecule has 4 aromatic rings. The van der Waals surface area contributed by atoms with Crippen LogP contribution in [0.2, 0.25) is 0 Å². The number of phenols is 1.